The predicted octanol–water partition coefficient (Wildman–Crippen LogP) is 2.95. The molecule has 2 rings (SSSR count). The summed E-state index contributed by atoms with van der Waals surface area (Å²) in [6, 6.07) is 6.63. The third kappa shape index (κ3) is 3.94. The Morgan fingerprint density at radius 2 is 2.21 bits per heavy atom. The van der Waals surface area contributed by atoms with Gasteiger partial charge in [0.15, 0.2) is 0 Å². The first-order valence-corrected chi connectivity index (χ1v) is 7.59. The molecule has 2 N–H and O–H groups in total. The lowest BCUT2D eigenvalue weighted by Crippen LogP contribution is -2.48. The second-order valence-corrected chi connectivity index (χ2v) is 6.90. The third-order valence-electron chi connectivity index (χ3n) is 3.36. The molecule has 0 bridgehead atoms. The molecule has 4 heteroatoms. The molecule has 1 aliphatic heterocycles. The van der Waals surface area contributed by atoms with Crippen molar-refractivity contribution in [1.29, 1.82) is 0 Å². The fraction of sp³-hybridized carbons (Fsp3) is 0.600. The molecule has 0 spiro atoms. The number of morpholine rings is 1. The van der Waals surface area contributed by atoms with Gasteiger partial charge in [0.2, 0.25) is 0 Å². The monoisotopic (exact) mass is 326 g/mol. The van der Waals surface area contributed by atoms with E-state index in [9.17, 15) is 0 Å². The van der Waals surface area contributed by atoms with Gasteiger partial charge in [-0.1, -0.05) is 22.0 Å². The van der Waals surface area contributed by atoms with Crippen LogP contribution in [0, 0.1) is 0 Å². The number of ether oxygens (including phenoxy) is 1. The van der Waals surface area contributed by atoms with Crippen molar-refractivity contribution in [2.75, 3.05) is 24.6 Å². The number of rotatable bonds is 3. The van der Waals surface area contributed by atoms with Gasteiger partial charge in [-0.15, -0.1) is 0 Å². The van der Waals surface area contributed by atoms with Gasteiger partial charge in [-0.2, -0.15) is 0 Å². The van der Waals surface area contributed by atoms with Crippen LogP contribution < -0.4 is 10.6 Å². The summed E-state index contributed by atoms with van der Waals surface area (Å²) >= 11 is 3.57. The van der Waals surface area contributed by atoms with Crippen LogP contribution in [0.1, 0.15) is 26.3 Å². The Morgan fingerprint density at radius 1 is 1.47 bits per heavy atom. The number of nitrogens with zero attached hydrogens (tertiary/aromatic N) is 1. The van der Waals surface area contributed by atoms with Gasteiger partial charge in [-0.3, -0.25) is 0 Å². The normalized spacial score (nSPS) is 20.4. The van der Waals surface area contributed by atoms with Crippen LogP contribution in [0.2, 0.25) is 0 Å². The van der Waals surface area contributed by atoms with Gasteiger partial charge >= 0.3 is 0 Å². The third-order valence-corrected chi connectivity index (χ3v) is 3.85. The molecule has 106 valence electrons. The Kier molecular flexibility index (Phi) is 4.54. The van der Waals surface area contributed by atoms with Crippen molar-refractivity contribution in [3.05, 3.63) is 28.2 Å². The molecule has 1 aliphatic rings. The largest absolute Gasteiger partial charge is 0.372 e. The standard InChI is InChI=1S/C15H23BrN2O/c1-11(17)8-12-4-5-13(16)9-14(12)18-6-7-19-15(2,3)10-18/h4-5,9,11H,6-8,10,17H2,1-3H3. The highest BCUT2D eigenvalue weighted by molar-refractivity contribution is 9.10. The molecule has 0 radical (unpaired) electrons. The van der Waals surface area contributed by atoms with E-state index in [4.69, 9.17) is 10.5 Å². The first-order chi connectivity index (χ1) is 8.87. The first-order valence-electron chi connectivity index (χ1n) is 6.80. The van der Waals surface area contributed by atoms with Crippen molar-refractivity contribution in [3.8, 4) is 0 Å². The van der Waals surface area contributed by atoms with E-state index in [1.54, 1.807) is 0 Å². The summed E-state index contributed by atoms with van der Waals surface area (Å²) in [4.78, 5) is 2.41. The number of halogens is 1. The van der Waals surface area contributed by atoms with Crippen LogP contribution in [-0.2, 0) is 11.2 Å². The van der Waals surface area contributed by atoms with Crippen LogP contribution in [0.3, 0.4) is 0 Å². The van der Waals surface area contributed by atoms with Crippen molar-refractivity contribution in [1.82, 2.24) is 0 Å². The van der Waals surface area contributed by atoms with Crippen molar-refractivity contribution >= 4 is 21.6 Å². The minimum Gasteiger partial charge on any atom is -0.372 e. The van der Waals surface area contributed by atoms with Gasteiger partial charge in [0.25, 0.3) is 0 Å². The molecule has 1 unspecified atom stereocenters. The molecular weight excluding hydrogens is 304 g/mol. The maximum absolute atomic E-state index is 5.96. The maximum Gasteiger partial charge on any atom is 0.0801 e. The van der Waals surface area contributed by atoms with Crippen LogP contribution in [0.25, 0.3) is 0 Å². The average molecular weight is 327 g/mol. The number of anilines is 1. The maximum atomic E-state index is 5.96. The molecule has 1 aromatic carbocycles. The molecule has 1 aromatic rings. The summed E-state index contributed by atoms with van der Waals surface area (Å²) in [7, 11) is 0. The Labute approximate surface area is 124 Å². The van der Waals surface area contributed by atoms with E-state index >= 15 is 0 Å². The highest BCUT2D eigenvalue weighted by Crippen LogP contribution is 2.29. The molecule has 1 saturated heterocycles. The number of hydrogen-bond acceptors (Lipinski definition) is 3. The van der Waals surface area contributed by atoms with Gasteiger partial charge in [-0.05, 0) is 44.9 Å². The van der Waals surface area contributed by atoms with Gasteiger partial charge < -0.3 is 15.4 Å². The predicted molar refractivity (Wildman–Crippen MR) is 83.7 cm³/mol. The summed E-state index contributed by atoms with van der Waals surface area (Å²) in [5.41, 5.74) is 8.46. The van der Waals surface area contributed by atoms with Gasteiger partial charge in [0.05, 0.1) is 12.2 Å². The molecule has 3 nitrogen and oxygen atoms in total. The Bertz CT molecular complexity index is 446. The summed E-state index contributed by atoms with van der Waals surface area (Å²) in [5.74, 6) is 0. The lowest BCUT2D eigenvalue weighted by atomic mass is 10.0. The van der Waals surface area contributed by atoms with E-state index in [0.29, 0.717) is 0 Å². The van der Waals surface area contributed by atoms with Crippen molar-refractivity contribution in [3.63, 3.8) is 0 Å². The molecule has 1 heterocycles. The lowest BCUT2D eigenvalue weighted by molar-refractivity contribution is -0.0277. The number of hydrogen-bond donors (Lipinski definition) is 1. The Hall–Kier alpha value is -0.580. The van der Waals surface area contributed by atoms with Crippen LogP contribution in [0.5, 0.6) is 0 Å². The zero-order valence-corrected chi connectivity index (χ0v) is 13.5. The van der Waals surface area contributed by atoms with Gasteiger partial charge in [0, 0.05) is 29.3 Å². The molecular formula is C15H23BrN2O. The quantitative estimate of drug-likeness (QED) is 0.928. The lowest BCUT2D eigenvalue weighted by Gasteiger charge is -2.40. The van der Waals surface area contributed by atoms with Crippen LogP contribution in [-0.4, -0.2) is 31.3 Å². The van der Waals surface area contributed by atoms with E-state index in [-0.39, 0.29) is 11.6 Å². The molecule has 1 fully saturated rings. The van der Waals surface area contributed by atoms with Crippen LogP contribution in [0.15, 0.2) is 22.7 Å². The van der Waals surface area contributed by atoms with E-state index in [1.807, 2.05) is 0 Å². The highest BCUT2D eigenvalue weighted by atomic mass is 79.9. The van der Waals surface area contributed by atoms with E-state index in [0.717, 1.165) is 30.6 Å². The van der Waals surface area contributed by atoms with Crippen molar-refractivity contribution < 1.29 is 4.74 Å². The van der Waals surface area contributed by atoms with E-state index < -0.39 is 0 Å². The number of benzene rings is 1. The van der Waals surface area contributed by atoms with Crippen LogP contribution >= 0.6 is 15.9 Å². The molecule has 0 aliphatic carbocycles. The minimum absolute atomic E-state index is 0.0911. The topological polar surface area (TPSA) is 38.5 Å². The van der Waals surface area contributed by atoms with Crippen LogP contribution in [0.4, 0.5) is 5.69 Å². The molecule has 0 saturated carbocycles. The summed E-state index contributed by atoms with van der Waals surface area (Å²) in [6.07, 6.45) is 0.903. The van der Waals surface area contributed by atoms with Crippen molar-refractivity contribution in [2.24, 2.45) is 5.73 Å². The molecule has 0 aromatic heterocycles. The smallest absolute Gasteiger partial charge is 0.0801 e. The van der Waals surface area contributed by atoms with E-state index in [1.165, 1.54) is 11.3 Å². The van der Waals surface area contributed by atoms with E-state index in [2.05, 4.69) is 59.8 Å². The minimum atomic E-state index is -0.0911. The zero-order valence-electron chi connectivity index (χ0n) is 11.9. The molecule has 0 amide bonds. The Balaban J connectivity index is 2.29. The van der Waals surface area contributed by atoms with Gasteiger partial charge in [-0.25, -0.2) is 0 Å². The highest BCUT2D eigenvalue weighted by Gasteiger charge is 2.28. The SMILES string of the molecule is CC(N)Cc1ccc(Br)cc1N1CCOC(C)(C)C1. The summed E-state index contributed by atoms with van der Waals surface area (Å²) < 4.78 is 6.90. The fourth-order valence-electron chi connectivity index (χ4n) is 2.57. The second-order valence-electron chi connectivity index (χ2n) is 5.98. The fourth-order valence-corrected chi connectivity index (χ4v) is 2.92. The summed E-state index contributed by atoms with van der Waals surface area (Å²) in [5, 5.41) is 0. The summed E-state index contributed by atoms with van der Waals surface area (Å²) in [6.45, 7) is 8.96. The molecule has 19 heavy (non-hydrogen) atoms. The second kappa shape index (κ2) is 5.81. The zero-order chi connectivity index (χ0) is 14.0. The Morgan fingerprint density at radius 3 is 2.84 bits per heavy atom. The van der Waals surface area contributed by atoms with Gasteiger partial charge in [0.1, 0.15) is 0 Å². The first kappa shape index (κ1) is 14.8. The number of nitrogens with two attached hydrogens (primary N) is 1. The molecule has 1 atom stereocenters. The van der Waals surface area contributed by atoms with Crippen molar-refractivity contribution in [2.45, 2.75) is 38.8 Å². The average Bonchev–Trinajstić information content (AvgIpc) is 2.29.